The molecule has 1 aromatic heterocycles. The first-order valence-corrected chi connectivity index (χ1v) is 6.78. The Morgan fingerprint density at radius 1 is 1.44 bits per heavy atom. The molecule has 4 nitrogen and oxygen atoms in total. The molecule has 18 heavy (non-hydrogen) atoms. The number of carbonyl (C=O) groups is 2. The number of thiophene rings is 1. The maximum Gasteiger partial charge on any atom is 0.306 e. The Kier molecular flexibility index (Phi) is 4.15. The summed E-state index contributed by atoms with van der Waals surface area (Å²) in [5.41, 5.74) is 0. The lowest BCUT2D eigenvalue weighted by molar-refractivity contribution is -0.141. The zero-order valence-electron chi connectivity index (χ0n) is 9.83. The van der Waals surface area contributed by atoms with E-state index in [0.29, 0.717) is 12.8 Å². The molecule has 1 aliphatic carbocycles. The van der Waals surface area contributed by atoms with E-state index in [1.807, 2.05) is 17.5 Å². The van der Waals surface area contributed by atoms with E-state index in [0.717, 1.165) is 11.3 Å². The highest BCUT2D eigenvalue weighted by molar-refractivity contribution is 7.10. The summed E-state index contributed by atoms with van der Waals surface area (Å²) in [5, 5.41) is 13.7. The van der Waals surface area contributed by atoms with Crippen LogP contribution >= 0.6 is 11.3 Å². The average molecular weight is 265 g/mol. The third-order valence-electron chi connectivity index (χ3n) is 3.07. The van der Waals surface area contributed by atoms with Gasteiger partial charge in [0.1, 0.15) is 0 Å². The number of amides is 1. The Balaban J connectivity index is 1.80. The van der Waals surface area contributed by atoms with Crippen molar-refractivity contribution in [2.75, 3.05) is 0 Å². The molecular formula is C13H15NO3S. The van der Waals surface area contributed by atoms with Gasteiger partial charge in [0.25, 0.3) is 0 Å². The van der Waals surface area contributed by atoms with Crippen molar-refractivity contribution < 1.29 is 14.7 Å². The Hall–Kier alpha value is -1.62. The number of carboxylic acid groups (broad SMARTS) is 1. The predicted molar refractivity (Wildman–Crippen MR) is 70.3 cm³/mol. The molecule has 0 aromatic carbocycles. The summed E-state index contributed by atoms with van der Waals surface area (Å²) in [7, 11) is 0. The summed E-state index contributed by atoms with van der Waals surface area (Å²) in [5.74, 6) is -1.23. The third-order valence-corrected chi connectivity index (χ3v) is 3.91. The summed E-state index contributed by atoms with van der Waals surface area (Å²) in [6.45, 7) is 0. The minimum absolute atomic E-state index is 0.00779. The molecule has 0 aliphatic heterocycles. The van der Waals surface area contributed by atoms with Gasteiger partial charge in [-0.25, -0.2) is 0 Å². The number of carbonyl (C=O) groups excluding carboxylic acids is 1. The van der Waals surface area contributed by atoms with Crippen LogP contribution in [0.15, 0.2) is 23.6 Å². The smallest absolute Gasteiger partial charge is 0.306 e. The summed E-state index contributed by atoms with van der Waals surface area (Å²) in [4.78, 5) is 23.4. The zero-order chi connectivity index (χ0) is 13.0. The standard InChI is InChI=1S/C13H15NO3S/c15-12(6-5-11-2-1-7-18-11)14-10-4-3-9(8-10)13(16)17/h1-2,5-7,9-10H,3-4,8H2,(H,14,15)(H,16,17). The molecule has 0 spiro atoms. The molecule has 2 atom stereocenters. The van der Waals surface area contributed by atoms with E-state index < -0.39 is 5.97 Å². The van der Waals surface area contributed by atoms with Crippen LogP contribution in [0.4, 0.5) is 0 Å². The molecule has 0 radical (unpaired) electrons. The van der Waals surface area contributed by atoms with Gasteiger partial charge in [-0.1, -0.05) is 6.07 Å². The molecule has 0 bridgehead atoms. The summed E-state index contributed by atoms with van der Waals surface area (Å²) in [6, 6.07) is 3.85. The first-order chi connectivity index (χ1) is 8.65. The molecule has 2 unspecified atom stereocenters. The Labute approximate surface area is 109 Å². The lowest BCUT2D eigenvalue weighted by Crippen LogP contribution is -2.31. The van der Waals surface area contributed by atoms with E-state index in [1.54, 1.807) is 17.4 Å². The van der Waals surface area contributed by atoms with Crippen LogP contribution in [-0.4, -0.2) is 23.0 Å². The maximum atomic E-state index is 11.6. The lowest BCUT2D eigenvalue weighted by atomic mass is 10.1. The van der Waals surface area contributed by atoms with E-state index >= 15 is 0 Å². The largest absolute Gasteiger partial charge is 0.481 e. The number of aliphatic carboxylic acids is 1. The Morgan fingerprint density at radius 3 is 2.89 bits per heavy atom. The molecular weight excluding hydrogens is 250 g/mol. The number of nitrogens with one attached hydrogen (secondary N) is 1. The van der Waals surface area contributed by atoms with E-state index in [9.17, 15) is 9.59 Å². The van der Waals surface area contributed by atoms with Crippen LogP contribution in [0.5, 0.6) is 0 Å². The summed E-state index contributed by atoms with van der Waals surface area (Å²) < 4.78 is 0. The fourth-order valence-corrected chi connectivity index (χ4v) is 2.75. The number of carboxylic acids is 1. The van der Waals surface area contributed by atoms with E-state index in [-0.39, 0.29) is 17.9 Å². The number of rotatable bonds is 4. The van der Waals surface area contributed by atoms with Crippen LogP contribution in [-0.2, 0) is 9.59 Å². The van der Waals surface area contributed by atoms with Crippen molar-refractivity contribution in [2.45, 2.75) is 25.3 Å². The van der Waals surface area contributed by atoms with Gasteiger partial charge in [-0.15, -0.1) is 11.3 Å². The van der Waals surface area contributed by atoms with Crippen LogP contribution in [0.1, 0.15) is 24.1 Å². The van der Waals surface area contributed by atoms with E-state index in [2.05, 4.69) is 5.32 Å². The van der Waals surface area contributed by atoms with Crippen molar-refractivity contribution >= 4 is 29.3 Å². The quantitative estimate of drug-likeness (QED) is 0.820. The molecule has 0 saturated heterocycles. The first kappa shape index (κ1) is 12.8. The van der Waals surface area contributed by atoms with E-state index in [4.69, 9.17) is 5.11 Å². The van der Waals surface area contributed by atoms with Crippen molar-refractivity contribution in [3.05, 3.63) is 28.5 Å². The fraction of sp³-hybridized carbons (Fsp3) is 0.385. The number of hydrogen-bond donors (Lipinski definition) is 2. The van der Waals surface area contributed by atoms with Gasteiger partial charge in [-0.2, -0.15) is 0 Å². The van der Waals surface area contributed by atoms with Crippen molar-refractivity contribution in [3.8, 4) is 0 Å². The minimum atomic E-state index is -0.763. The van der Waals surface area contributed by atoms with Gasteiger partial charge < -0.3 is 10.4 Å². The molecule has 2 N–H and O–H groups in total. The van der Waals surface area contributed by atoms with Crippen molar-refractivity contribution in [3.63, 3.8) is 0 Å². The van der Waals surface area contributed by atoms with Crippen LogP contribution in [0.25, 0.3) is 6.08 Å². The Morgan fingerprint density at radius 2 is 2.28 bits per heavy atom. The second-order valence-electron chi connectivity index (χ2n) is 4.40. The van der Waals surface area contributed by atoms with Gasteiger partial charge in [0.05, 0.1) is 5.92 Å². The average Bonchev–Trinajstić information content (AvgIpc) is 2.96. The molecule has 1 amide bonds. The van der Waals surface area contributed by atoms with Gasteiger partial charge in [0, 0.05) is 17.0 Å². The van der Waals surface area contributed by atoms with Crippen LogP contribution in [0.2, 0.25) is 0 Å². The second kappa shape index (κ2) is 5.82. The number of hydrogen-bond acceptors (Lipinski definition) is 3. The molecule has 1 aliphatic rings. The van der Waals surface area contributed by atoms with Gasteiger partial charge >= 0.3 is 5.97 Å². The van der Waals surface area contributed by atoms with Gasteiger partial charge in [0.2, 0.25) is 5.91 Å². The highest BCUT2D eigenvalue weighted by Gasteiger charge is 2.30. The summed E-state index contributed by atoms with van der Waals surface area (Å²) in [6.07, 6.45) is 5.20. The SMILES string of the molecule is O=C(C=Cc1cccs1)NC1CCC(C(=O)O)C1. The molecule has 1 fully saturated rings. The maximum absolute atomic E-state index is 11.6. The van der Waals surface area contributed by atoms with Crippen molar-refractivity contribution in [2.24, 2.45) is 5.92 Å². The van der Waals surface area contributed by atoms with Gasteiger partial charge in [0.15, 0.2) is 0 Å². The van der Waals surface area contributed by atoms with Crippen LogP contribution < -0.4 is 5.32 Å². The molecule has 1 heterocycles. The highest BCUT2D eigenvalue weighted by atomic mass is 32.1. The topological polar surface area (TPSA) is 66.4 Å². The van der Waals surface area contributed by atoms with Gasteiger partial charge in [-0.3, -0.25) is 9.59 Å². The molecule has 1 saturated carbocycles. The van der Waals surface area contributed by atoms with E-state index in [1.165, 1.54) is 6.08 Å². The molecule has 5 heteroatoms. The lowest BCUT2D eigenvalue weighted by Gasteiger charge is -2.10. The molecule has 96 valence electrons. The zero-order valence-corrected chi connectivity index (χ0v) is 10.7. The predicted octanol–water partition coefficient (Wildman–Crippen LogP) is 2.13. The van der Waals surface area contributed by atoms with Crippen LogP contribution in [0.3, 0.4) is 0 Å². The fourth-order valence-electron chi connectivity index (χ4n) is 2.13. The van der Waals surface area contributed by atoms with Crippen molar-refractivity contribution in [1.82, 2.24) is 5.32 Å². The monoisotopic (exact) mass is 265 g/mol. The van der Waals surface area contributed by atoms with Crippen molar-refractivity contribution in [1.29, 1.82) is 0 Å². The first-order valence-electron chi connectivity index (χ1n) is 5.90. The van der Waals surface area contributed by atoms with Gasteiger partial charge in [-0.05, 0) is 36.8 Å². The third kappa shape index (κ3) is 3.43. The molecule has 2 rings (SSSR count). The second-order valence-corrected chi connectivity index (χ2v) is 5.38. The highest BCUT2D eigenvalue weighted by Crippen LogP contribution is 2.25. The summed E-state index contributed by atoms with van der Waals surface area (Å²) >= 11 is 1.57. The van der Waals surface area contributed by atoms with Crippen LogP contribution in [0, 0.1) is 5.92 Å². The normalized spacial score (nSPS) is 23.3. The minimum Gasteiger partial charge on any atom is -0.481 e. The molecule has 1 aromatic rings. The Bertz CT molecular complexity index is 453.